The molecule has 0 aromatic rings. The smallest absolute Gasteiger partial charge is 0.305 e. The fraction of sp³-hybridized carbons (Fsp3) is 0.917. The summed E-state index contributed by atoms with van der Waals surface area (Å²) >= 11 is 0. The monoisotopic (exact) mass is 216 g/mol. The quantitative estimate of drug-likeness (QED) is 0.416. The predicted molar refractivity (Wildman–Crippen MR) is 60.8 cm³/mol. The van der Waals surface area contributed by atoms with Gasteiger partial charge in [0, 0.05) is 19.6 Å². The first kappa shape index (κ1) is 14.4. The van der Waals surface area contributed by atoms with Crippen LogP contribution in [0.4, 0.5) is 0 Å². The molecule has 0 atom stereocenters. The van der Waals surface area contributed by atoms with Crippen LogP contribution in [0.5, 0.6) is 0 Å². The van der Waals surface area contributed by atoms with Crippen LogP contribution in [0.3, 0.4) is 0 Å². The van der Waals surface area contributed by atoms with Gasteiger partial charge in [0.25, 0.3) is 0 Å². The first-order valence-electron chi connectivity index (χ1n) is 6.04. The first-order valence-corrected chi connectivity index (χ1v) is 6.04. The lowest BCUT2D eigenvalue weighted by Gasteiger charge is -2.04. The Hall–Kier alpha value is -0.570. The van der Waals surface area contributed by atoms with Gasteiger partial charge in [-0.3, -0.25) is 4.79 Å². The van der Waals surface area contributed by atoms with Crippen molar-refractivity contribution in [3.63, 3.8) is 0 Å². The molecule has 0 radical (unpaired) electrons. The van der Waals surface area contributed by atoms with E-state index in [2.05, 4.69) is 13.8 Å². The van der Waals surface area contributed by atoms with Crippen LogP contribution in [-0.4, -0.2) is 25.8 Å². The zero-order valence-corrected chi connectivity index (χ0v) is 10.1. The van der Waals surface area contributed by atoms with Gasteiger partial charge in [-0.05, 0) is 19.3 Å². The molecule has 0 fully saturated rings. The van der Waals surface area contributed by atoms with Crippen LogP contribution in [0.25, 0.3) is 0 Å². The molecule has 0 aliphatic heterocycles. The number of carbonyl (C=O) groups excluding carboxylic acids is 1. The van der Waals surface area contributed by atoms with Crippen molar-refractivity contribution < 1.29 is 14.3 Å². The maximum atomic E-state index is 11.1. The van der Waals surface area contributed by atoms with Crippen LogP contribution in [0, 0.1) is 0 Å². The van der Waals surface area contributed by atoms with E-state index >= 15 is 0 Å². The number of esters is 1. The van der Waals surface area contributed by atoms with Gasteiger partial charge in [0.1, 0.15) is 0 Å². The Kier molecular flexibility index (Phi) is 11.1. The van der Waals surface area contributed by atoms with E-state index in [4.69, 9.17) is 9.47 Å². The van der Waals surface area contributed by atoms with Crippen molar-refractivity contribution in [3.05, 3.63) is 0 Å². The Bertz CT molecular complexity index is 146. The lowest BCUT2D eigenvalue weighted by Crippen LogP contribution is -2.07. The number of ether oxygens (including phenoxy) is 2. The molecule has 0 bridgehead atoms. The van der Waals surface area contributed by atoms with Crippen molar-refractivity contribution in [2.75, 3.05) is 19.8 Å². The molecule has 3 heteroatoms. The molecule has 0 aliphatic rings. The van der Waals surface area contributed by atoms with E-state index in [1.54, 1.807) is 0 Å². The third kappa shape index (κ3) is 11.4. The van der Waals surface area contributed by atoms with Gasteiger partial charge < -0.3 is 9.47 Å². The SMILES string of the molecule is CCCCOCCCC(=O)OCCCC. The Morgan fingerprint density at radius 3 is 2.20 bits per heavy atom. The van der Waals surface area contributed by atoms with Crippen LogP contribution in [-0.2, 0) is 14.3 Å². The second kappa shape index (κ2) is 11.5. The average Bonchev–Trinajstić information content (AvgIpc) is 2.23. The Balaban J connectivity index is 3.10. The molecule has 15 heavy (non-hydrogen) atoms. The minimum atomic E-state index is -0.0949. The molecule has 0 amide bonds. The summed E-state index contributed by atoms with van der Waals surface area (Å²) in [5.74, 6) is -0.0949. The molecule has 0 N–H and O–H groups in total. The molecule has 0 heterocycles. The zero-order valence-electron chi connectivity index (χ0n) is 10.1. The highest BCUT2D eigenvalue weighted by Crippen LogP contribution is 1.97. The summed E-state index contributed by atoms with van der Waals surface area (Å²) in [6.07, 6.45) is 5.52. The minimum Gasteiger partial charge on any atom is -0.466 e. The summed E-state index contributed by atoms with van der Waals surface area (Å²) in [4.78, 5) is 11.1. The summed E-state index contributed by atoms with van der Waals surface area (Å²) in [7, 11) is 0. The van der Waals surface area contributed by atoms with Crippen molar-refractivity contribution in [3.8, 4) is 0 Å². The Labute approximate surface area is 93.1 Å². The molecule has 90 valence electrons. The fourth-order valence-electron chi connectivity index (χ4n) is 1.07. The van der Waals surface area contributed by atoms with E-state index in [1.165, 1.54) is 0 Å². The van der Waals surface area contributed by atoms with Crippen molar-refractivity contribution in [2.45, 2.75) is 52.4 Å². The highest BCUT2D eigenvalue weighted by Gasteiger charge is 2.01. The van der Waals surface area contributed by atoms with Gasteiger partial charge in [0.2, 0.25) is 0 Å². The molecular formula is C12H24O3. The summed E-state index contributed by atoms with van der Waals surface area (Å²) in [6, 6.07) is 0. The van der Waals surface area contributed by atoms with Crippen LogP contribution in [0.2, 0.25) is 0 Å². The van der Waals surface area contributed by atoms with Crippen LogP contribution in [0.1, 0.15) is 52.4 Å². The van der Waals surface area contributed by atoms with Gasteiger partial charge in [-0.2, -0.15) is 0 Å². The van der Waals surface area contributed by atoms with Crippen LogP contribution in [0.15, 0.2) is 0 Å². The standard InChI is InChI=1S/C12H24O3/c1-3-5-9-14-10-7-8-12(13)15-11-6-4-2/h3-11H2,1-2H3. The first-order chi connectivity index (χ1) is 7.31. The fourth-order valence-corrected chi connectivity index (χ4v) is 1.07. The second-order valence-electron chi connectivity index (χ2n) is 3.64. The number of carbonyl (C=O) groups is 1. The molecule has 0 aromatic heterocycles. The number of hydrogen-bond acceptors (Lipinski definition) is 3. The maximum absolute atomic E-state index is 11.1. The third-order valence-corrected chi connectivity index (χ3v) is 2.07. The van der Waals surface area contributed by atoms with Crippen LogP contribution >= 0.6 is 0 Å². The van der Waals surface area contributed by atoms with Crippen molar-refractivity contribution in [1.29, 1.82) is 0 Å². The summed E-state index contributed by atoms with van der Waals surface area (Å²) in [6.45, 7) is 6.25. The molecule has 0 saturated carbocycles. The van der Waals surface area contributed by atoms with E-state index in [0.29, 0.717) is 19.6 Å². The van der Waals surface area contributed by atoms with Crippen molar-refractivity contribution in [1.82, 2.24) is 0 Å². The second-order valence-corrected chi connectivity index (χ2v) is 3.64. The molecule has 0 unspecified atom stereocenters. The van der Waals surface area contributed by atoms with Gasteiger partial charge in [0.05, 0.1) is 6.61 Å². The summed E-state index contributed by atoms with van der Waals surface area (Å²) in [5.41, 5.74) is 0. The van der Waals surface area contributed by atoms with Gasteiger partial charge in [-0.1, -0.05) is 26.7 Å². The van der Waals surface area contributed by atoms with Crippen molar-refractivity contribution in [2.24, 2.45) is 0 Å². The molecule has 0 aliphatic carbocycles. The largest absolute Gasteiger partial charge is 0.466 e. The van der Waals surface area contributed by atoms with E-state index < -0.39 is 0 Å². The highest BCUT2D eigenvalue weighted by atomic mass is 16.5. The van der Waals surface area contributed by atoms with E-state index in [1.807, 2.05) is 0 Å². The molecule has 0 spiro atoms. The molecule has 0 aromatic carbocycles. The topological polar surface area (TPSA) is 35.5 Å². The van der Waals surface area contributed by atoms with Crippen LogP contribution < -0.4 is 0 Å². The molecule has 3 nitrogen and oxygen atoms in total. The van der Waals surface area contributed by atoms with Gasteiger partial charge in [0.15, 0.2) is 0 Å². The predicted octanol–water partition coefficient (Wildman–Crippen LogP) is 2.93. The highest BCUT2D eigenvalue weighted by molar-refractivity contribution is 5.69. The van der Waals surface area contributed by atoms with E-state index in [0.717, 1.165) is 38.7 Å². The normalized spacial score (nSPS) is 10.3. The van der Waals surface area contributed by atoms with E-state index in [9.17, 15) is 4.79 Å². The molecule has 0 rings (SSSR count). The van der Waals surface area contributed by atoms with E-state index in [-0.39, 0.29) is 5.97 Å². The third-order valence-electron chi connectivity index (χ3n) is 2.07. The Morgan fingerprint density at radius 1 is 0.933 bits per heavy atom. The maximum Gasteiger partial charge on any atom is 0.305 e. The number of rotatable bonds is 10. The Morgan fingerprint density at radius 2 is 1.53 bits per heavy atom. The number of hydrogen-bond donors (Lipinski definition) is 0. The van der Waals surface area contributed by atoms with Gasteiger partial charge in [-0.25, -0.2) is 0 Å². The molecular weight excluding hydrogens is 192 g/mol. The number of unbranched alkanes of at least 4 members (excludes halogenated alkanes) is 2. The lowest BCUT2D eigenvalue weighted by atomic mass is 10.3. The van der Waals surface area contributed by atoms with Gasteiger partial charge in [-0.15, -0.1) is 0 Å². The molecule has 0 saturated heterocycles. The van der Waals surface area contributed by atoms with Gasteiger partial charge >= 0.3 is 5.97 Å². The van der Waals surface area contributed by atoms with Crippen molar-refractivity contribution >= 4 is 5.97 Å². The minimum absolute atomic E-state index is 0.0949. The average molecular weight is 216 g/mol. The lowest BCUT2D eigenvalue weighted by molar-refractivity contribution is -0.144. The summed E-state index contributed by atoms with van der Waals surface area (Å²) in [5, 5.41) is 0. The zero-order chi connectivity index (χ0) is 11.4. The summed E-state index contributed by atoms with van der Waals surface area (Å²) < 4.78 is 10.4.